The quantitative estimate of drug-likeness (QED) is 0.540. The highest BCUT2D eigenvalue weighted by molar-refractivity contribution is 6.10. The molecule has 1 amide bonds. The number of aromatic nitrogens is 1. The van der Waals surface area contributed by atoms with Gasteiger partial charge in [0.05, 0.1) is 11.3 Å². The van der Waals surface area contributed by atoms with Crippen molar-refractivity contribution in [2.75, 3.05) is 0 Å². The Hall–Kier alpha value is -3.41. The number of guanidine groups is 1. The largest absolute Gasteiger partial charge is 0.370 e. The Bertz CT molecular complexity index is 1150. The van der Waals surface area contributed by atoms with Crippen molar-refractivity contribution in [2.45, 2.75) is 27.7 Å². The van der Waals surface area contributed by atoms with Gasteiger partial charge in [-0.05, 0) is 44.9 Å². The zero-order valence-electron chi connectivity index (χ0n) is 15.8. The van der Waals surface area contributed by atoms with Crippen LogP contribution >= 0.6 is 0 Å². The highest BCUT2D eigenvalue weighted by atomic mass is 16.1. The number of nitrogens with two attached hydrogens (primary N) is 2. The summed E-state index contributed by atoms with van der Waals surface area (Å²) in [4.78, 5) is 29.5. The number of carbonyl (C=O) groups excluding carboxylic acids is 1. The van der Waals surface area contributed by atoms with E-state index >= 15 is 0 Å². The number of benzene rings is 2. The standard InChI is InChI=1S/C21H22N4O2/c1-11-5-6-15-16(9-11)17(19(26)24-21(22)23)10-25(20(15)27)18-13(3)7-12(2)8-14(18)4/h5-10H,1-4H3,(H4,22,23,24,26). The lowest BCUT2D eigenvalue weighted by atomic mass is 10.0. The first kappa shape index (κ1) is 18.4. The number of aryl methyl sites for hydroxylation is 4. The van der Waals surface area contributed by atoms with Crippen LogP contribution in [0.4, 0.5) is 0 Å². The summed E-state index contributed by atoms with van der Waals surface area (Å²) in [6.45, 7) is 7.79. The van der Waals surface area contributed by atoms with Crippen molar-refractivity contribution >= 4 is 22.6 Å². The number of rotatable bonds is 2. The lowest BCUT2D eigenvalue weighted by Gasteiger charge is -2.16. The van der Waals surface area contributed by atoms with Gasteiger partial charge >= 0.3 is 0 Å². The fourth-order valence-electron chi connectivity index (χ4n) is 3.52. The molecule has 0 bridgehead atoms. The predicted molar refractivity (Wildman–Crippen MR) is 109 cm³/mol. The topological polar surface area (TPSA) is 103 Å². The van der Waals surface area contributed by atoms with Crippen LogP contribution in [-0.4, -0.2) is 16.4 Å². The molecule has 0 radical (unpaired) electrons. The molecule has 0 aliphatic rings. The van der Waals surface area contributed by atoms with Gasteiger partial charge in [0.1, 0.15) is 0 Å². The van der Waals surface area contributed by atoms with Crippen LogP contribution in [0.1, 0.15) is 32.6 Å². The summed E-state index contributed by atoms with van der Waals surface area (Å²) in [6.07, 6.45) is 1.53. The summed E-state index contributed by atoms with van der Waals surface area (Å²) in [5, 5.41) is 0.977. The zero-order valence-corrected chi connectivity index (χ0v) is 15.8. The first-order chi connectivity index (χ1) is 12.7. The number of aliphatic imine (C=N–C) groups is 1. The fraction of sp³-hybridized carbons (Fsp3) is 0.190. The Kier molecular flexibility index (Phi) is 4.57. The van der Waals surface area contributed by atoms with Crippen LogP contribution in [0.15, 0.2) is 46.3 Å². The van der Waals surface area contributed by atoms with E-state index in [4.69, 9.17) is 11.5 Å². The van der Waals surface area contributed by atoms with E-state index in [2.05, 4.69) is 4.99 Å². The molecule has 0 saturated heterocycles. The molecule has 3 rings (SSSR count). The normalized spacial score (nSPS) is 10.8. The molecule has 1 heterocycles. The zero-order chi connectivity index (χ0) is 19.9. The van der Waals surface area contributed by atoms with Crippen molar-refractivity contribution in [1.82, 2.24) is 4.57 Å². The number of hydrogen-bond donors (Lipinski definition) is 2. The molecule has 3 aromatic rings. The van der Waals surface area contributed by atoms with Crippen LogP contribution in [0.5, 0.6) is 0 Å². The number of fused-ring (bicyclic) bond motifs is 1. The summed E-state index contributed by atoms with van der Waals surface area (Å²) in [5.74, 6) is -0.900. The maximum Gasteiger partial charge on any atom is 0.282 e. The van der Waals surface area contributed by atoms with Gasteiger partial charge < -0.3 is 11.5 Å². The fourth-order valence-corrected chi connectivity index (χ4v) is 3.52. The molecular weight excluding hydrogens is 340 g/mol. The van der Waals surface area contributed by atoms with Crippen LogP contribution < -0.4 is 17.0 Å². The maximum atomic E-state index is 13.2. The lowest BCUT2D eigenvalue weighted by Crippen LogP contribution is -2.25. The first-order valence-electron chi connectivity index (χ1n) is 8.57. The minimum Gasteiger partial charge on any atom is -0.370 e. The predicted octanol–water partition coefficient (Wildman–Crippen LogP) is 2.64. The molecule has 6 heteroatoms. The Morgan fingerprint density at radius 1 is 0.926 bits per heavy atom. The Morgan fingerprint density at radius 3 is 2.15 bits per heavy atom. The van der Waals surface area contributed by atoms with E-state index in [0.29, 0.717) is 10.8 Å². The number of nitrogens with zero attached hydrogens (tertiary/aromatic N) is 2. The highest BCUT2D eigenvalue weighted by Crippen LogP contribution is 2.24. The number of carbonyl (C=O) groups is 1. The Labute approximate surface area is 157 Å². The van der Waals surface area contributed by atoms with E-state index in [1.807, 2.05) is 45.9 Å². The van der Waals surface area contributed by atoms with Crippen molar-refractivity contribution in [2.24, 2.45) is 16.5 Å². The van der Waals surface area contributed by atoms with Crippen LogP contribution in [-0.2, 0) is 0 Å². The van der Waals surface area contributed by atoms with Gasteiger partial charge in [0.2, 0.25) is 0 Å². The SMILES string of the molecule is Cc1cc(C)c(-n2cc(C(=O)N=C(N)N)c3cc(C)ccc3c2=O)c(C)c1. The third-order valence-electron chi connectivity index (χ3n) is 4.51. The summed E-state index contributed by atoms with van der Waals surface area (Å²) in [7, 11) is 0. The average Bonchev–Trinajstić information content (AvgIpc) is 2.55. The number of hydrogen-bond acceptors (Lipinski definition) is 2. The van der Waals surface area contributed by atoms with E-state index in [1.165, 1.54) is 10.8 Å². The molecule has 0 aliphatic heterocycles. The molecule has 0 aliphatic carbocycles. The van der Waals surface area contributed by atoms with E-state index in [-0.39, 0.29) is 17.1 Å². The monoisotopic (exact) mass is 362 g/mol. The maximum absolute atomic E-state index is 13.2. The van der Waals surface area contributed by atoms with Crippen LogP contribution in [0.25, 0.3) is 16.5 Å². The van der Waals surface area contributed by atoms with Gasteiger partial charge in [0, 0.05) is 17.0 Å². The second-order valence-corrected chi connectivity index (χ2v) is 6.86. The van der Waals surface area contributed by atoms with Crippen molar-refractivity contribution in [3.8, 4) is 5.69 Å². The average molecular weight is 362 g/mol. The van der Waals surface area contributed by atoms with E-state index in [9.17, 15) is 9.59 Å². The van der Waals surface area contributed by atoms with Crippen molar-refractivity contribution in [3.05, 3.63) is 74.7 Å². The van der Waals surface area contributed by atoms with Crippen molar-refractivity contribution in [1.29, 1.82) is 0 Å². The summed E-state index contributed by atoms with van der Waals surface area (Å²) in [5.41, 5.74) is 15.5. The van der Waals surface area contributed by atoms with Gasteiger partial charge in [-0.25, -0.2) is 0 Å². The molecule has 0 fully saturated rings. The van der Waals surface area contributed by atoms with Crippen molar-refractivity contribution in [3.63, 3.8) is 0 Å². The minimum absolute atomic E-state index is 0.193. The third-order valence-corrected chi connectivity index (χ3v) is 4.51. The van der Waals surface area contributed by atoms with Gasteiger partial charge in [0.25, 0.3) is 11.5 Å². The van der Waals surface area contributed by atoms with E-state index in [1.54, 1.807) is 12.1 Å². The molecule has 0 spiro atoms. The molecule has 138 valence electrons. The van der Waals surface area contributed by atoms with E-state index in [0.717, 1.165) is 27.9 Å². The van der Waals surface area contributed by atoms with Gasteiger partial charge in [-0.3, -0.25) is 14.2 Å². The number of amides is 1. The summed E-state index contributed by atoms with van der Waals surface area (Å²) in [6, 6.07) is 9.38. The number of pyridine rings is 1. The minimum atomic E-state index is -0.582. The molecule has 0 saturated carbocycles. The van der Waals surface area contributed by atoms with Crippen molar-refractivity contribution < 1.29 is 4.79 Å². The highest BCUT2D eigenvalue weighted by Gasteiger charge is 2.17. The Balaban J connectivity index is 2.45. The van der Waals surface area contributed by atoms with Crippen LogP contribution in [0.3, 0.4) is 0 Å². The molecule has 0 unspecified atom stereocenters. The molecule has 1 aromatic heterocycles. The third kappa shape index (κ3) is 3.33. The summed E-state index contributed by atoms with van der Waals surface area (Å²) >= 11 is 0. The van der Waals surface area contributed by atoms with Crippen LogP contribution in [0, 0.1) is 27.7 Å². The van der Waals surface area contributed by atoms with Gasteiger partial charge in [-0.2, -0.15) is 4.99 Å². The van der Waals surface area contributed by atoms with Gasteiger partial charge in [-0.1, -0.05) is 35.4 Å². The van der Waals surface area contributed by atoms with E-state index < -0.39 is 5.91 Å². The van der Waals surface area contributed by atoms with Crippen LogP contribution in [0.2, 0.25) is 0 Å². The molecule has 27 heavy (non-hydrogen) atoms. The second-order valence-electron chi connectivity index (χ2n) is 6.86. The lowest BCUT2D eigenvalue weighted by molar-refractivity contribution is 0.100. The summed E-state index contributed by atoms with van der Waals surface area (Å²) < 4.78 is 1.51. The molecular formula is C21H22N4O2. The first-order valence-corrected chi connectivity index (χ1v) is 8.57. The van der Waals surface area contributed by atoms with Gasteiger partial charge in [0.15, 0.2) is 5.96 Å². The molecule has 6 nitrogen and oxygen atoms in total. The molecule has 4 N–H and O–H groups in total. The molecule has 2 aromatic carbocycles. The second kappa shape index (κ2) is 6.72. The Morgan fingerprint density at radius 2 is 1.56 bits per heavy atom. The molecule has 0 atom stereocenters. The smallest absolute Gasteiger partial charge is 0.282 e. The van der Waals surface area contributed by atoms with Gasteiger partial charge in [-0.15, -0.1) is 0 Å².